The number of carbonyl (C=O) groups is 1. The summed E-state index contributed by atoms with van der Waals surface area (Å²) in [6.45, 7) is 3.05. The number of terminal acetylenes is 1. The smallest absolute Gasteiger partial charge is 0.337 e. The van der Waals surface area contributed by atoms with Gasteiger partial charge in [0.2, 0.25) is 0 Å². The molecule has 0 spiro atoms. The zero-order valence-corrected chi connectivity index (χ0v) is 10.7. The number of carboxylic acids is 1. The Morgan fingerprint density at radius 3 is 2.50 bits per heavy atom. The average molecular weight is 268 g/mol. The van der Waals surface area contributed by atoms with Crippen LogP contribution in [0.2, 0.25) is 0 Å². The van der Waals surface area contributed by atoms with Gasteiger partial charge in [-0.15, -0.1) is 6.42 Å². The molecule has 0 bridgehead atoms. The van der Waals surface area contributed by atoms with Gasteiger partial charge in [0, 0.05) is 6.20 Å². The van der Waals surface area contributed by atoms with Crippen molar-refractivity contribution in [2.75, 3.05) is 0 Å². The molecule has 6 nitrogen and oxygen atoms in total. The maximum Gasteiger partial charge on any atom is 0.337 e. The number of sulfonamides is 1. The molecule has 0 atom stereocenters. The maximum atomic E-state index is 11.9. The molecule has 0 aliphatic carbocycles. The Bertz CT molecular complexity index is 597. The largest absolute Gasteiger partial charge is 0.478 e. The van der Waals surface area contributed by atoms with Crippen LogP contribution < -0.4 is 4.72 Å². The Hall–Kier alpha value is -1.91. The molecule has 7 heteroatoms. The molecular formula is C11H12N2O4S. The highest BCUT2D eigenvalue weighted by Gasteiger charge is 2.25. The summed E-state index contributed by atoms with van der Waals surface area (Å²) in [5.74, 6) is 1.11. The van der Waals surface area contributed by atoms with Crippen LogP contribution in [0.1, 0.15) is 24.2 Å². The quantitative estimate of drug-likeness (QED) is 0.774. The number of rotatable bonds is 4. The van der Waals surface area contributed by atoms with Crippen molar-refractivity contribution in [3.63, 3.8) is 0 Å². The van der Waals surface area contributed by atoms with Gasteiger partial charge in [0.25, 0.3) is 10.0 Å². The number of nitrogens with one attached hydrogen (secondary N) is 1. The van der Waals surface area contributed by atoms with Gasteiger partial charge >= 0.3 is 5.97 Å². The molecule has 96 valence electrons. The highest BCUT2D eigenvalue weighted by molar-refractivity contribution is 7.89. The van der Waals surface area contributed by atoms with Crippen molar-refractivity contribution in [1.29, 1.82) is 0 Å². The summed E-state index contributed by atoms with van der Waals surface area (Å²) < 4.78 is 26.0. The standard InChI is InChI=1S/C11H12N2O4S/c1-4-11(2,3)13-18(16,17)9-6-5-8(7-12-9)10(14)15/h1,5-7,13H,2-3H3,(H,14,15). The maximum absolute atomic E-state index is 11.9. The molecule has 18 heavy (non-hydrogen) atoms. The van der Waals surface area contributed by atoms with E-state index < -0.39 is 21.5 Å². The molecular weight excluding hydrogens is 256 g/mol. The Morgan fingerprint density at radius 2 is 2.11 bits per heavy atom. The van der Waals surface area contributed by atoms with Crippen LogP contribution in [0.4, 0.5) is 0 Å². The van der Waals surface area contributed by atoms with Gasteiger partial charge in [-0.05, 0) is 26.0 Å². The normalized spacial score (nSPS) is 11.8. The van der Waals surface area contributed by atoms with E-state index in [1.165, 1.54) is 13.8 Å². The third-order valence-electron chi connectivity index (χ3n) is 2.01. The third-order valence-corrected chi connectivity index (χ3v) is 3.58. The Labute approximate surface area is 105 Å². The van der Waals surface area contributed by atoms with E-state index in [0.29, 0.717) is 0 Å². The first-order chi connectivity index (χ1) is 8.18. The van der Waals surface area contributed by atoms with Crippen LogP contribution in [0.3, 0.4) is 0 Å². The molecule has 2 N–H and O–H groups in total. The number of aromatic carboxylic acids is 1. The van der Waals surface area contributed by atoms with Crippen molar-refractivity contribution >= 4 is 16.0 Å². The number of carboxylic acid groups (broad SMARTS) is 1. The minimum absolute atomic E-state index is 0.0924. The van der Waals surface area contributed by atoms with Crippen molar-refractivity contribution in [2.24, 2.45) is 0 Å². The highest BCUT2D eigenvalue weighted by Crippen LogP contribution is 2.11. The summed E-state index contributed by atoms with van der Waals surface area (Å²) in [7, 11) is -3.87. The van der Waals surface area contributed by atoms with Crippen LogP contribution >= 0.6 is 0 Å². The third kappa shape index (κ3) is 3.29. The lowest BCUT2D eigenvalue weighted by Gasteiger charge is -2.18. The fourth-order valence-electron chi connectivity index (χ4n) is 1.08. The summed E-state index contributed by atoms with van der Waals surface area (Å²) in [5, 5.41) is 8.39. The first-order valence-electron chi connectivity index (χ1n) is 4.89. The predicted molar refractivity (Wildman–Crippen MR) is 64.4 cm³/mol. The summed E-state index contributed by atoms with van der Waals surface area (Å²) in [6.07, 6.45) is 6.15. The number of nitrogens with zero attached hydrogens (tertiary/aromatic N) is 1. The molecule has 0 aliphatic rings. The summed E-state index contributed by atoms with van der Waals surface area (Å²) >= 11 is 0. The molecule has 0 aliphatic heterocycles. The van der Waals surface area contributed by atoms with Crippen LogP contribution in [-0.2, 0) is 10.0 Å². The fraction of sp³-hybridized carbons (Fsp3) is 0.273. The second kappa shape index (κ2) is 4.76. The lowest BCUT2D eigenvalue weighted by molar-refractivity contribution is 0.0696. The second-order valence-corrected chi connectivity index (χ2v) is 5.69. The van der Waals surface area contributed by atoms with Crippen molar-refractivity contribution in [1.82, 2.24) is 9.71 Å². The van der Waals surface area contributed by atoms with Crippen LogP contribution in [0, 0.1) is 12.3 Å². The van der Waals surface area contributed by atoms with Crippen LogP contribution in [0.25, 0.3) is 0 Å². The van der Waals surface area contributed by atoms with E-state index in [0.717, 1.165) is 18.3 Å². The van der Waals surface area contributed by atoms with Gasteiger partial charge in [-0.2, -0.15) is 4.72 Å². The van der Waals surface area contributed by atoms with Crippen molar-refractivity contribution in [3.8, 4) is 12.3 Å². The molecule has 0 saturated carbocycles. The average Bonchev–Trinajstić information content (AvgIpc) is 2.28. The van der Waals surface area contributed by atoms with E-state index in [2.05, 4.69) is 15.6 Å². The summed E-state index contributed by atoms with van der Waals surface area (Å²) in [6, 6.07) is 2.27. The molecule has 0 fully saturated rings. The van der Waals surface area contributed by atoms with E-state index in [1.807, 2.05) is 0 Å². The first-order valence-corrected chi connectivity index (χ1v) is 6.37. The number of hydrogen-bond donors (Lipinski definition) is 2. The van der Waals surface area contributed by atoms with Gasteiger partial charge < -0.3 is 5.11 Å². The van der Waals surface area contributed by atoms with Gasteiger partial charge in [0.15, 0.2) is 5.03 Å². The molecule has 0 unspecified atom stereocenters. The van der Waals surface area contributed by atoms with Gasteiger partial charge in [0.05, 0.1) is 11.1 Å². The van der Waals surface area contributed by atoms with E-state index in [-0.39, 0.29) is 10.6 Å². The van der Waals surface area contributed by atoms with Crippen molar-refractivity contribution in [3.05, 3.63) is 23.9 Å². The molecule has 1 aromatic heterocycles. The molecule has 0 amide bonds. The monoisotopic (exact) mass is 268 g/mol. The van der Waals surface area contributed by atoms with Gasteiger partial charge in [-0.25, -0.2) is 18.2 Å². The molecule has 0 saturated heterocycles. The van der Waals surface area contributed by atoms with Crippen LogP contribution in [0.15, 0.2) is 23.4 Å². The number of hydrogen-bond acceptors (Lipinski definition) is 4. The predicted octanol–water partition coefficient (Wildman–Crippen LogP) is 0.470. The van der Waals surface area contributed by atoms with Crippen LogP contribution in [0.5, 0.6) is 0 Å². The summed E-state index contributed by atoms with van der Waals surface area (Å²) in [4.78, 5) is 14.2. The zero-order valence-electron chi connectivity index (χ0n) is 9.84. The van der Waals surface area contributed by atoms with Crippen molar-refractivity contribution in [2.45, 2.75) is 24.4 Å². The van der Waals surface area contributed by atoms with Crippen LogP contribution in [-0.4, -0.2) is 30.0 Å². The Balaban J connectivity index is 3.08. The summed E-state index contributed by atoms with van der Waals surface area (Å²) in [5.41, 5.74) is -1.14. The lowest BCUT2D eigenvalue weighted by Crippen LogP contribution is -2.42. The highest BCUT2D eigenvalue weighted by atomic mass is 32.2. The Kier molecular flexibility index (Phi) is 3.74. The Morgan fingerprint density at radius 1 is 1.50 bits per heavy atom. The fourth-order valence-corrected chi connectivity index (χ4v) is 2.36. The van der Waals surface area contributed by atoms with Crippen molar-refractivity contribution < 1.29 is 18.3 Å². The van der Waals surface area contributed by atoms with E-state index >= 15 is 0 Å². The van der Waals surface area contributed by atoms with E-state index in [1.54, 1.807) is 0 Å². The number of pyridine rings is 1. The topological polar surface area (TPSA) is 96.4 Å². The van der Waals surface area contributed by atoms with Gasteiger partial charge in [-0.1, -0.05) is 5.92 Å². The second-order valence-electron chi connectivity index (χ2n) is 4.07. The molecule has 1 aromatic rings. The van der Waals surface area contributed by atoms with E-state index in [4.69, 9.17) is 11.5 Å². The minimum atomic E-state index is -3.87. The molecule has 0 aromatic carbocycles. The zero-order chi connectivity index (χ0) is 14.0. The lowest BCUT2D eigenvalue weighted by atomic mass is 10.1. The van der Waals surface area contributed by atoms with E-state index in [9.17, 15) is 13.2 Å². The molecule has 1 heterocycles. The first kappa shape index (κ1) is 14.2. The SMILES string of the molecule is C#CC(C)(C)NS(=O)(=O)c1ccc(C(=O)O)cn1. The minimum Gasteiger partial charge on any atom is -0.478 e. The number of aromatic nitrogens is 1. The molecule has 1 rings (SSSR count). The molecule has 0 radical (unpaired) electrons. The van der Waals surface area contributed by atoms with Gasteiger partial charge in [-0.3, -0.25) is 0 Å². The van der Waals surface area contributed by atoms with Gasteiger partial charge in [0.1, 0.15) is 0 Å².